The lowest BCUT2D eigenvalue weighted by molar-refractivity contribution is -0.0402. The highest BCUT2D eigenvalue weighted by atomic mass is 16.5. The normalized spacial score (nSPS) is 23.7. The minimum absolute atomic E-state index is 0.101. The number of furan rings is 1. The van der Waals surface area contributed by atoms with E-state index in [-0.39, 0.29) is 6.10 Å². The molecule has 1 aromatic heterocycles. The second-order valence-corrected chi connectivity index (χ2v) is 5.05. The van der Waals surface area contributed by atoms with Crippen LogP contribution in [-0.4, -0.2) is 33.4 Å². The van der Waals surface area contributed by atoms with Crippen LogP contribution in [-0.2, 0) is 15.9 Å². The van der Waals surface area contributed by atoms with E-state index in [1.165, 1.54) is 6.42 Å². The van der Waals surface area contributed by atoms with Crippen molar-refractivity contribution in [2.24, 2.45) is 5.92 Å². The zero-order valence-corrected chi connectivity index (χ0v) is 12.0. The average molecular weight is 267 g/mol. The minimum Gasteiger partial charge on any atom is -0.463 e. The van der Waals surface area contributed by atoms with Crippen molar-refractivity contribution < 1.29 is 13.9 Å². The van der Waals surface area contributed by atoms with Crippen molar-refractivity contribution in [2.75, 3.05) is 33.4 Å². The second kappa shape index (κ2) is 7.68. The van der Waals surface area contributed by atoms with Gasteiger partial charge in [0.25, 0.3) is 0 Å². The van der Waals surface area contributed by atoms with Gasteiger partial charge in [0.1, 0.15) is 17.6 Å². The topological polar surface area (TPSA) is 43.6 Å². The molecule has 0 saturated carbocycles. The van der Waals surface area contributed by atoms with E-state index in [4.69, 9.17) is 13.9 Å². The zero-order valence-electron chi connectivity index (χ0n) is 12.0. The Morgan fingerprint density at radius 1 is 1.42 bits per heavy atom. The van der Waals surface area contributed by atoms with Gasteiger partial charge in [-0.1, -0.05) is 6.92 Å². The summed E-state index contributed by atoms with van der Waals surface area (Å²) < 4.78 is 16.8. The lowest BCUT2D eigenvalue weighted by atomic mass is 9.92. The molecule has 0 aliphatic carbocycles. The van der Waals surface area contributed by atoms with Crippen LogP contribution in [0.4, 0.5) is 0 Å². The number of nitrogens with one attached hydrogen (secondary N) is 1. The summed E-state index contributed by atoms with van der Waals surface area (Å²) in [4.78, 5) is 0. The van der Waals surface area contributed by atoms with Crippen molar-refractivity contribution in [3.8, 4) is 0 Å². The van der Waals surface area contributed by atoms with Crippen LogP contribution < -0.4 is 5.32 Å². The fourth-order valence-corrected chi connectivity index (χ4v) is 2.57. The largest absolute Gasteiger partial charge is 0.463 e. The Bertz CT molecular complexity index is 364. The van der Waals surface area contributed by atoms with Crippen molar-refractivity contribution in [2.45, 2.75) is 32.3 Å². The molecular formula is C15H25NO3. The molecule has 2 rings (SSSR count). The summed E-state index contributed by atoms with van der Waals surface area (Å²) in [6.45, 7) is 5.53. The molecule has 1 saturated heterocycles. The van der Waals surface area contributed by atoms with E-state index in [0.29, 0.717) is 5.92 Å². The molecule has 2 atom stereocenters. The number of rotatable bonds is 7. The van der Waals surface area contributed by atoms with Gasteiger partial charge in [0, 0.05) is 39.1 Å². The molecule has 4 heteroatoms. The van der Waals surface area contributed by atoms with Crippen LogP contribution in [0.1, 0.15) is 37.4 Å². The summed E-state index contributed by atoms with van der Waals surface area (Å²) >= 11 is 0. The molecule has 0 radical (unpaired) electrons. The number of methoxy groups -OCH3 is 1. The van der Waals surface area contributed by atoms with Gasteiger partial charge in [0.2, 0.25) is 0 Å². The molecule has 0 spiro atoms. The van der Waals surface area contributed by atoms with Crippen molar-refractivity contribution in [3.05, 3.63) is 23.7 Å². The van der Waals surface area contributed by atoms with Gasteiger partial charge in [-0.05, 0) is 25.0 Å². The molecule has 19 heavy (non-hydrogen) atoms. The van der Waals surface area contributed by atoms with Crippen LogP contribution in [0.2, 0.25) is 0 Å². The Balaban J connectivity index is 1.91. The summed E-state index contributed by atoms with van der Waals surface area (Å²) in [5.41, 5.74) is 0. The molecule has 108 valence electrons. The van der Waals surface area contributed by atoms with Crippen LogP contribution in [0.5, 0.6) is 0 Å². The molecule has 1 N–H and O–H groups in total. The molecule has 0 aromatic carbocycles. The van der Waals surface area contributed by atoms with E-state index >= 15 is 0 Å². The second-order valence-electron chi connectivity index (χ2n) is 5.05. The summed E-state index contributed by atoms with van der Waals surface area (Å²) in [7, 11) is 1.73. The zero-order chi connectivity index (χ0) is 13.5. The molecule has 4 nitrogen and oxygen atoms in total. The third-order valence-corrected chi connectivity index (χ3v) is 3.65. The molecule has 1 aliphatic heterocycles. The van der Waals surface area contributed by atoms with Crippen LogP contribution >= 0.6 is 0 Å². The molecule has 2 unspecified atom stereocenters. The smallest absolute Gasteiger partial charge is 0.133 e. The Kier molecular flexibility index (Phi) is 5.89. The number of hydrogen-bond acceptors (Lipinski definition) is 4. The van der Waals surface area contributed by atoms with Gasteiger partial charge >= 0.3 is 0 Å². The predicted molar refractivity (Wildman–Crippen MR) is 74.2 cm³/mol. The Labute approximate surface area is 115 Å². The first-order valence-electron chi connectivity index (χ1n) is 7.25. The molecular weight excluding hydrogens is 242 g/mol. The van der Waals surface area contributed by atoms with Crippen molar-refractivity contribution in [3.63, 3.8) is 0 Å². The number of aryl methyl sites for hydroxylation is 1. The van der Waals surface area contributed by atoms with Gasteiger partial charge in [-0.15, -0.1) is 0 Å². The fourth-order valence-electron chi connectivity index (χ4n) is 2.57. The summed E-state index contributed by atoms with van der Waals surface area (Å²) in [6.07, 6.45) is 3.36. The average Bonchev–Trinajstić information content (AvgIpc) is 2.93. The van der Waals surface area contributed by atoms with E-state index in [1.807, 2.05) is 0 Å². The number of ether oxygens (including phenoxy) is 2. The summed E-state index contributed by atoms with van der Waals surface area (Å²) in [5.74, 6) is 2.51. The van der Waals surface area contributed by atoms with Gasteiger partial charge < -0.3 is 19.2 Å². The van der Waals surface area contributed by atoms with Crippen molar-refractivity contribution in [1.29, 1.82) is 0 Å². The molecule has 1 aromatic rings. The minimum atomic E-state index is 0.101. The van der Waals surface area contributed by atoms with Gasteiger partial charge in [0.15, 0.2) is 0 Å². The molecule has 2 heterocycles. The standard InChI is InChI=1S/C15H25NO3/c1-3-13-6-7-14(19-13)15-12(5-4-9-18-15)11-16-8-10-17-2/h6-7,12,15-16H,3-5,8-11H2,1-2H3. The quantitative estimate of drug-likeness (QED) is 0.771. The summed E-state index contributed by atoms with van der Waals surface area (Å²) in [5, 5.41) is 3.43. The lowest BCUT2D eigenvalue weighted by Gasteiger charge is -2.30. The van der Waals surface area contributed by atoms with E-state index in [0.717, 1.165) is 50.7 Å². The van der Waals surface area contributed by atoms with Gasteiger partial charge in [0.05, 0.1) is 6.61 Å². The monoisotopic (exact) mass is 267 g/mol. The molecule has 0 amide bonds. The maximum atomic E-state index is 5.93. The van der Waals surface area contributed by atoms with Gasteiger partial charge in [-0.2, -0.15) is 0 Å². The Morgan fingerprint density at radius 3 is 3.05 bits per heavy atom. The third-order valence-electron chi connectivity index (χ3n) is 3.65. The van der Waals surface area contributed by atoms with Crippen LogP contribution in [0.25, 0.3) is 0 Å². The van der Waals surface area contributed by atoms with E-state index in [1.54, 1.807) is 7.11 Å². The first-order chi connectivity index (χ1) is 9.35. The lowest BCUT2D eigenvalue weighted by Crippen LogP contribution is -2.33. The van der Waals surface area contributed by atoms with Crippen LogP contribution in [0.15, 0.2) is 16.5 Å². The highest BCUT2D eigenvalue weighted by molar-refractivity contribution is 5.11. The molecule has 0 bridgehead atoms. The van der Waals surface area contributed by atoms with Crippen LogP contribution in [0, 0.1) is 5.92 Å². The van der Waals surface area contributed by atoms with E-state index in [9.17, 15) is 0 Å². The van der Waals surface area contributed by atoms with Crippen molar-refractivity contribution in [1.82, 2.24) is 5.32 Å². The highest BCUT2D eigenvalue weighted by Crippen LogP contribution is 2.34. The van der Waals surface area contributed by atoms with E-state index in [2.05, 4.69) is 24.4 Å². The third kappa shape index (κ3) is 4.06. The van der Waals surface area contributed by atoms with E-state index < -0.39 is 0 Å². The maximum Gasteiger partial charge on any atom is 0.133 e. The Morgan fingerprint density at radius 2 is 2.32 bits per heavy atom. The Hall–Kier alpha value is -0.840. The predicted octanol–water partition coefficient (Wildman–Crippen LogP) is 2.55. The SMILES string of the molecule is CCc1ccc(C2OCCCC2CNCCOC)o1. The number of hydrogen-bond donors (Lipinski definition) is 1. The van der Waals surface area contributed by atoms with Crippen molar-refractivity contribution >= 4 is 0 Å². The van der Waals surface area contributed by atoms with Crippen LogP contribution in [0.3, 0.4) is 0 Å². The maximum absolute atomic E-state index is 5.93. The van der Waals surface area contributed by atoms with Gasteiger partial charge in [-0.25, -0.2) is 0 Å². The first-order valence-corrected chi connectivity index (χ1v) is 7.25. The highest BCUT2D eigenvalue weighted by Gasteiger charge is 2.29. The fraction of sp³-hybridized carbons (Fsp3) is 0.733. The first kappa shape index (κ1) is 14.6. The molecule has 1 aliphatic rings. The summed E-state index contributed by atoms with van der Waals surface area (Å²) in [6, 6.07) is 4.12. The molecule has 1 fully saturated rings. The van der Waals surface area contributed by atoms with Gasteiger partial charge in [-0.3, -0.25) is 0 Å².